The summed E-state index contributed by atoms with van der Waals surface area (Å²) in [5.74, 6) is 0.148. The average molecular weight is 315 g/mol. The van der Waals surface area contributed by atoms with Crippen LogP contribution in [0.15, 0.2) is 30.3 Å². The zero-order valence-corrected chi connectivity index (χ0v) is 13.5. The maximum absolute atomic E-state index is 12.8. The van der Waals surface area contributed by atoms with Gasteiger partial charge >= 0.3 is 0 Å². The predicted molar refractivity (Wildman–Crippen MR) is 90.1 cm³/mol. The molecule has 1 N–H and O–H groups in total. The average Bonchev–Trinajstić information content (AvgIpc) is 3.06. The summed E-state index contributed by atoms with van der Waals surface area (Å²) in [4.78, 5) is 28.8. The van der Waals surface area contributed by atoms with Crippen molar-refractivity contribution < 1.29 is 9.59 Å². The summed E-state index contributed by atoms with van der Waals surface area (Å²) in [6.45, 7) is 2.59. The highest BCUT2D eigenvalue weighted by Crippen LogP contribution is 2.18. The van der Waals surface area contributed by atoms with E-state index in [1.165, 1.54) is 0 Å². The van der Waals surface area contributed by atoms with Crippen LogP contribution < -0.4 is 5.32 Å². The Morgan fingerprint density at radius 2 is 1.74 bits per heavy atom. The van der Waals surface area contributed by atoms with Gasteiger partial charge in [-0.2, -0.15) is 0 Å². The van der Waals surface area contributed by atoms with E-state index in [9.17, 15) is 9.59 Å². The molecule has 5 nitrogen and oxygen atoms in total. The summed E-state index contributed by atoms with van der Waals surface area (Å²) in [5, 5.41) is 3.33. The number of nitrogens with one attached hydrogen (secondary N) is 1. The molecule has 0 aliphatic carbocycles. The molecule has 1 aromatic rings. The van der Waals surface area contributed by atoms with Gasteiger partial charge in [0, 0.05) is 25.3 Å². The largest absolute Gasteiger partial charge is 0.374 e. The summed E-state index contributed by atoms with van der Waals surface area (Å²) in [6, 6.07) is 9.58. The fourth-order valence-corrected chi connectivity index (χ4v) is 3.36. The Hall–Kier alpha value is -2.04. The van der Waals surface area contributed by atoms with Crippen molar-refractivity contribution in [2.24, 2.45) is 0 Å². The number of carbonyl (C=O) groups is 2. The quantitative estimate of drug-likeness (QED) is 0.926. The molecule has 3 rings (SSSR count). The number of benzene rings is 1. The normalized spacial score (nSPS) is 22.1. The summed E-state index contributed by atoms with van der Waals surface area (Å²) >= 11 is 0. The van der Waals surface area contributed by atoms with Crippen LogP contribution in [-0.4, -0.2) is 53.8 Å². The predicted octanol–water partition coefficient (Wildman–Crippen LogP) is 2.10. The van der Waals surface area contributed by atoms with Crippen LogP contribution in [0.25, 0.3) is 0 Å². The van der Waals surface area contributed by atoms with Crippen LogP contribution in [0.2, 0.25) is 0 Å². The van der Waals surface area contributed by atoms with E-state index >= 15 is 0 Å². The van der Waals surface area contributed by atoms with E-state index in [4.69, 9.17) is 0 Å². The van der Waals surface area contributed by atoms with E-state index in [0.717, 1.165) is 50.9 Å². The maximum Gasteiger partial charge on any atom is 0.245 e. The Morgan fingerprint density at radius 1 is 1.04 bits per heavy atom. The van der Waals surface area contributed by atoms with Gasteiger partial charge < -0.3 is 15.1 Å². The zero-order chi connectivity index (χ0) is 16.1. The smallest absolute Gasteiger partial charge is 0.245 e. The number of hydrogen-bond acceptors (Lipinski definition) is 3. The minimum atomic E-state index is -0.230. The summed E-state index contributed by atoms with van der Waals surface area (Å²) < 4.78 is 0. The summed E-state index contributed by atoms with van der Waals surface area (Å²) in [6.07, 6.45) is 4.95. The molecule has 5 heteroatoms. The lowest BCUT2D eigenvalue weighted by Gasteiger charge is -2.27. The van der Waals surface area contributed by atoms with Crippen molar-refractivity contribution in [2.45, 2.75) is 38.1 Å². The first-order valence-electron chi connectivity index (χ1n) is 8.62. The molecule has 124 valence electrons. The highest BCUT2D eigenvalue weighted by Gasteiger charge is 2.29. The van der Waals surface area contributed by atoms with Crippen LogP contribution in [0.3, 0.4) is 0 Å². The molecule has 2 heterocycles. The van der Waals surface area contributed by atoms with Crippen LogP contribution in [-0.2, 0) is 9.59 Å². The number of hydrogen-bond donors (Lipinski definition) is 1. The number of rotatable bonds is 4. The van der Waals surface area contributed by atoms with Crippen LogP contribution in [0.5, 0.6) is 0 Å². The SMILES string of the molecule is O=C(CN1CCCC[C@H](Nc2ccccc2)C1=O)N1CCCC1. The Kier molecular flexibility index (Phi) is 5.16. The molecule has 1 atom stereocenters. The van der Waals surface area contributed by atoms with Gasteiger partial charge in [0.15, 0.2) is 0 Å². The molecule has 23 heavy (non-hydrogen) atoms. The van der Waals surface area contributed by atoms with E-state index in [2.05, 4.69) is 5.32 Å². The molecule has 2 fully saturated rings. The third-order valence-electron chi connectivity index (χ3n) is 4.68. The monoisotopic (exact) mass is 315 g/mol. The van der Waals surface area contributed by atoms with Crippen LogP contribution in [0.1, 0.15) is 32.1 Å². The lowest BCUT2D eigenvalue weighted by molar-refractivity contribution is -0.140. The lowest BCUT2D eigenvalue weighted by Crippen LogP contribution is -2.46. The molecule has 2 aliphatic heterocycles. The van der Waals surface area contributed by atoms with Gasteiger partial charge in [0.1, 0.15) is 6.04 Å². The van der Waals surface area contributed by atoms with Gasteiger partial charge in [0.05, 0.1) is 6.54 Å². The Balaban J connectivity index is 1.63. The van der Waals surface area contributed by atoms with Gasteiger partial charge in [-0.15, -0.1) is 0 Å². The highest BCUT2D eigenvalue weighted by atomic mass is 16.2. The molecule has 1 aromatic carbocycles. The van der Waals surface area contributed by atoms with E-state index in [1.54, 1.807) is 4.90 Å². The van der Waals surface area contributed by atoms with Crippen molar-refractivity contribution in [2.75, 3.05) is 31.5 Å². The van der Waals surface area contributed by atoms with E-state index in [0.29, 0.717) is 6.54 Å². The van der Waals surface area contributed by atoms with Crippen molar-refractivity contribution in [3.8, 4) is 0 Å². The van der Waals surface area contributed by atoms with Crippen LogP contribution in [0.4, 0.5) is 5.69 Å². The number of para-hydroxylation sites is 1. The minimum absolute atomic E-state index is 0.0545. The Bertz CT molecular complexity index is 540. The van der Waals surface area contributed by atoms with Gasteiger partial charge in [-0.25, -0.2) is 0 Å². The van der Waals surface area contributed by atoms with Gasteiger partial charge in [0.2, 0.25) is 11.8 Å². The maximum atomic E-state index is 12.8. The second-order valence-electron chi connectivity index (χ2n) is 6.41. The second-order valence-corrected chi connectivity index (χ2v) is 6.41. The number of anilines is 1. The molecule has 2 amide bonds. The van der Waals surface area contributed by atoms with Gasteiger partial charge in [-0.05, 0) is 44.2 Å². The second kappa shape index (κ2) is 7.49. The number of amides is 2. The Labute approximate surface area is 137 Å². The molecule has 2 aliphatic rings. The molecule has 0 unspecified atom stereocenters. The lowest BCUT2D eigenvalue weighted by atomic mass is 10.1. The standard InChI is InChI=1S/C18H25N3O2/c22-17(20-11-6-7-12-20)14-21-13-5-4-10-16(18(21)23)19-15-8-2-1-3-9-15/h1-3,8-9,16,19H,4-7,10-14H2/t16-/m0/s1. The van der Waals surface area contributed by atoms with E-state index < -0.39 is 0 Å². The molecule has 0 bridgehead atoms. The van der Waals surface area contributed by atoms with Gasteiger partial charge in [-0.3, -0.25) is 9.59 Å². The number of likely N-dealkylation sites (tertiary alicyclic amines) is 2. The van der Waals surface area contributed by atoms with Crippen molar-refractivity contribution in [1.82, 2.24) is 9.80 Å². The third kappa shape index (κ3) is 4.03. The molecule has 0 spiro atoms. The minimum Gasteiger partial charge on any atom is -0.374 e. The van der Waals surface area contributed by atoms with E-state index in [1.807, 2.05) is 35.2 Å². The number of nitrogens with zero attached hydrogens (tertiary/aromatic N) is 2. The first-order valence-corrected chi connectivity index (χ1v) is 8.62. The van der Waals surface area contributed by atoms with Crippen molar-refractivity contribution in [1.29, 1.82) is 0 Å². The molecule has 0 radical (unpaired) electrons. The summed E-state index contributed by atoms with van der Waals surface area (Å²) in [7, 11) is 0. The first-order chi connectivity index (χ1) is 11.2. The molecule has 2 saturated heterocycles. The molecule has 0 aromatic heterocycles. The molecular weight excluding hydrogens is 290 g/mol. The topological polar surface area (TPSA) is 52.7 Å². The van der Waals surface area contributed by atoms with Crippen molar-refractivity contribution in [3.63, 3.8) is 0 Å². The highest BCUT2D eigenvalue weighted by molar-refractivity contribution is 5.89. The van der Waals surface area contributed by atoms with Crippen LogP contribution in [0, 0.1) is 0 Å². The van der Waals surface area contributed by atoms with Gasteiger partial charge in [-0.1, -0.05) is 18.2 Å². The zero-order valence-electron chi connectivity index (χ0n) is 13.5. The van der Waals surface area contributed by atoms with Crippen molar-refractivity contribution >= 4 is 17.5 Å². The van der Waals surface area contributed by atoms with Gasteiger partial charge in [0.25, 0.3) is 0 Å². The number of carbonyl (C=O) groups excluding carboxylic acids is 2. The van der Waals surface area contributed by atoms with Crippen molar-refractivity contribution in [3.05, 3.63) is 30.3 Å². The fourth-order valence-electron chi connectivity index (χ4n) is 3.36. The molecule has 0 saturated carbocycles. The van der Waals surface area contributed by atoms with Crippen LogP contribution >= 0.6 is 0 Å². The molecular formula is C18H25N3O2. The third-order valence-corrected chi connectivity index (χ3v) is 4.68. The summed E-state index contributed by atoms with van der Waals surface area (Å²) in [5.41, 5.74) is 0.957. The fraction of sp³-hybridized carbons (Fsp3) is 0.556. The van der Waals surface area contributed by atoms with E-state index in [-0.39, 0.29) is 24.4 Å². The Morgan fingerprint density at radius 3 is 2.48 bits per heavy atom. The first kappa shape index (κ1) is 15.8.